The van der Waals surface area contributed by atoms with Crippen molar-refractivity contribution < 1.29 is 27.8 Å². The lowest BCUT2D eigenvalue weighted by Crippen LogP contribution is -2.49. The molecular formula is C27H31F2N5O4S. The number of carbonyl (C=O) groups is 2. The van der Waals surface area contributed by atoms with Crippen LogP contribution in [0, 0.1) is 18.6 Å². The Morgan fingerprint density at radius 1 is 1.21 bits per heavy atom. The van der Waals surface area contributed by atoms with E-state index in [2.05, 4.69) is 20.7 Å². The van der Waals surface area contributed by atoms with E-state index in [1.54, 1.807) is 24.9 Å². The third-order valence-corrected chi connectivity index (χ3v) is 8.01. The molecule has 1 aromatic carbocycles. The highest BCUT2D eigenvalue weighted by Crippen LogP contribution is 2.50. The van der Waals surface area contributed by atoms with Crippen molar-refractivity contribution in [1.82, 2.24) is 20.1 Å². The fourth-order valence-electron chi connectivity index (χ4n) is 5.41. The quantitative estimate of drug-likeness (QED) is 0.431. The molecule has 5 rings (SSSR count). The van der Waals surface area contributed by atoms with Gasteiger partial charge in [0.15, 0.2) is 0 Å². The number of carbonyl (C=O) groups excluding carboxylic acids is 2. The van der Waals surface area contributed by atoms with Crippen molar-refractivity contribution >= 4 is 29.0 Å². The highest BCUT2D eigenvalue weighted by molar-refractivity contribution is 7.15. The highest BCUT2D eigenvalue weighted by atomic mass is 32.1. The highest BCUT2D eigenvalue weighted by Gasteiger charge is 2.51. The Kier molecular flexibility index (Phi) is 6.96. The second-order valence-electron chi connectivity index (χ2n) is 11.0. The summed E-state index contributed by atoms with van der Waals surface area (Å²) in [6.45, 7) is 7.13. The van der Waals surface area contributed by atoms with Gasteiger partial charge in [0.05, 0.1) is 35.3 Å². The van der Waals surface area contributed by atoms with Gasteiger partial charge in [-0.2, -0.15) is 5.10 Å². The first-order valence-electron chi connectivity index (χ1n) is 12.8. The summed E-state index contributed by atoms with van der Waals surface area (Å²) < 4.78 is 42.2. The summed E-state index contributed by atoms with van der Waals surface area (Å²) in [5, 5.41) is 10.3. The molecule has 0 radical (unpaired) electrons. The number of fused-ring (bicyclic) bond motifs is 2. The van der Waals surface area contributed by atoms with E-state index >= 15 is 0 Å². The maximum absolute atomic E-state index is 14.3. The van der Waals surface area contributed by atoms with E-state index in [9.17, 15) is 18.4 Å². The molecule has 2 bridgehead atoms. The molecule has 4 heterocycles. The number of benzene rings is 1. The molecule has 2 aliphatic rings. The molecule has 0 spiro atoms. The van der Waals surface area contributed by atoms with Crippen molar-refractivity contribution in [2.24, 2.45) is 7.05 Å². The van der Waals surface area contributed by atoms with Gasteiger partial charge in [-0.15, -0.1) is 11.3 Å². The number of anilines is 1. The largest absolute Gasteiger partial charge is 0.444 e. The number of nitrogens with one attached hydrogen (secondary N) is 2. The molecule has 2 saturated heterocycles. The van der Waals surface area contributed by atoms with Crippen LogP contribution in [0.5, 0.6) is 0 Å². The number of aryl methyl sites for hydroxylation is 2. The number of hydrogen-bond acceptors (Lipinski definition) is 7. The van der Waals surface area contributed by atoms with Crippen LogP contribution in [-0.4, -0.2) is 44.5 Å². The van der Waals surface area contributed by atoms with Gasteiger partial charge >= 0.3 is 6.09 Å². The number of amides is 2. The molecule has 2 aromatic heterocycles. The lowest BCUT2D eigenvalue weighted by atomic mass is 9.89. The summed E-state index contributed by atoms with van der Waals surface area (Å²) in [7, 11) is 1.79. The van der Waals surface area contributed by atoms with Gasteiger partial charge in [-0.1, -0.05) is 6.07 Å². The van der Waals surface area contributed by atoms with Crippen LogP contribution < -0.4 is 10.6 Å². The Balaban J connectivity index is 1.34. The lowest BCUT2D eigenvalue weighted by Gasteiger charge is -2.38. The van der Waals surface area contributed by atoms with Crippen LogP contribution in [0.15, 0.2) is 24.4 Å². The van der Waals surface area contributed by atoms with Gasteiger partial charge in [0.1, 0.15) is 33.5 Å². The zero-order valence-corrected chi connectivity index (χ0v) is 23.2. The van der Waals surface area contributed by atoms with Crippen molar-refractivity contribution in [2.75, 3.05) is 5.32 Å². The van der Waals surface area contributed by atoms with Gasteiger partial charge in [0.2, 0.25) is 0 Å². The normalized spacial score (nSPS) is 22.5. The van der Waals surface area contributed by atoms with Gasteiger partial charge in [-0.3, -0.25) is 9.48 Å². The van der Waals surface area contributed by atoms with Crippen LogP contribution in [0.4, 0.5) is 19.3 Å². The number of rotatable bonds is 5. The minimum absolute atomic E-state index is 0.0837. The minimum Gasteiger partial charge on any atom is -0.444 e. The molecule has 208 valence electrons. The number of halogens is 2. The number of ether oxygens (including phenoxy) is 2. The summed E-state index contributed by atoms with van der Waals surface area (Å²) in [6, 6.07) is 3.41. The third kappa shape index (κ3) is 5.27. The van der Waals surface area contributed by atoms with E-state index < -0.39 is 34.8 Å². The summed E-state index contributed by atoms with van der Waals surface area (Å²) in [5.41, 5.74) is -0.243. The lowest BCUT2D eigenvalue weighted by molar-refractivity contribution is -0.1000. The van der Waals surface area contributed by atoms with Crippen LogP contribution in [0.3, 0.4) is 0 Å². The molecule has 3 atom stereocenters. The maximum Gasteiger partial charge on any atom is 0.407 e. The number of aromatic nitrogens is 3. The Morgan fingerprint density at radius 2 is 1.90 bits per heavy atom. The molecule has 2 aliphatic heterocycles. The number of nitrogens with zero attached hydrogens (tertiary/aromatic N) is 3. The van der Waals surface area contributed by atoms with Crippen molar-refractivity contribution in [2.45, 2.75) is 76.7 Å². The fraction of sp³-hybridized carbons (Fsp3) is 0.481. The standard InChI is InChI=1S/C27H31F2N5O4S/c1-14-21(33-24(39-14)20-15(28)7-6-8-16(20)29)23(35)31-18-13-30-34(5)22(18)27-11-9-17(19(37-27)10-12-27)32-25(36)38-26(2,3)4/h6-8,13,17,19H,9-12H2,1-5H3,(H,31,35)(H,32,36)/t17-,19-,27-/m1/s1. The molecule has 3 aromatic rings. The first-order chi connectivity index (χ1) is 18.4. The Hall–Kier alpha value is -3.38. The van der Waals surface area contributed by atoms with Gasteiger partial charge in [0, 0.05) is 11.9 Å². The third-order valence-electron chi connectivity index (χ3n) is 7.03. The first-order valence-corrected chi connectivity index (χ1v) is 13.6. The van der Waals surface area contributed by atoms with E-state index in [-0.39, 0.29) is 28.4 Å². The molecule has 2 amide bonds. The minimum atomic E-state index is -0.742. The topological polar surface area (TPSA) is 107 Å². The van der Waals surface area contributed by atoms with Crippen LogP contribution in [-0.2, 0) is 22.1 Å². The summed E-state index contributed by atoms with van der Waals surface area (Å²) in [5.74, 6) is -1.99. The average molecular weight is 560 g/mol. The van der Waals surface area contributed by atoms with Gasteiger partial charge in [0.25, 0.3) is 5.91 Å². The summed E-state index contributed by atoms with van der Waals surface area (Å²) in [6.07, 6.45) is 3.58. The van der Waals surface area contributed by atoms with E-state index in [4.69, 9.17) is 9.47 Å². The van der Waals surface area contributed by atoms with Crippen LogP contribution in [0.1, 0.15) is 67.5 Å². The molecule has 39 heavy (non-hydrogen) atoms. The zero-order valence-electron chi connectivity index (χ0n) is 22.4. The number of alkyl carbamates (subject to hydrolysis) is 1. The van der Waals surface area contributed by atoms with E-state index in [0.717, 1.165) is 35.6 Å². The first kappa shape index (κ1) is 27.2. The Bertz CT molecular complexity index is 1410. The van der Waals surface area contributed by atoms with E-state index in [1.807, 2.05) is 20.8 Å². The molecule has 2 N–H and O–H groups in total. The SMILES string of the molecule is Cc1sc(-c2c(F)cccc2F)nc1C(=O)Nc1cnn(C)c1[C@@]12CC[C@@H](NC(=O)OC(C)(C)C)[C@@H](CC1)O2. The summed E-state index contributed by atoms with van der Waals surface area (Å²) >= 11 is 1.05. The summed E-state index contributed by atoms with van der Waals surface area (Å²) in [4.78, 5) is 30.4. The van der Waals surface area contributed by atoms with Crippen molar-refractivity contribution in [1.29, 1.82) is 0 Å². The molecular weight excluding hydrogens is 528 g/mol. The zero-order chi connectivity index (χ0) is 28.1. The Labute approximate surface area is 228 Å². The van der Waals surface area contributed by atoms with Crippen molar-refractivity contribution in [3.8, 4) is 10.6 Å². The molecule has 2 fully saturated rings. The van der Waals surface area contributed by atoms with Crippen LogP contribution >= 0.6 is 11.3 Å². The smallest absolute Gasteiger partial charge is 0.407 e. The van der Waals surface area contributed by atoms with Gasteiger partial charge in [-0.05, 0) is 65.5 Å². The van der Waals surface area contributed by atoms with Crippen molar-refractivity contribution in [3.63, 3.8) is 0 Å². The van der Waals surface area contributed by atoms with Crippen molar-refractivity contribution in [3.05, 3.63) is 52.3 Å². The number of hydrogen-bond donors (Lipinski definition) is 2. The maximum atomic E-state index is 14.3. The van der Waals surface area contributed by atoms with Crippen LogP contribution in [0.2, 0.25) is 0 Å². The van der Waals surface area contributed by atoms with Gasteiger partial charge < -0.3 is 20.1 Å². The van der Waals surface area contributed by atoms with E-state index in [1.165, 1.54) is 6.07 Å². The predicted octanol–water partition coefficient (Wildman–Crippen LogP) is 5.44. The molecule has 12 heteroatoms. The Morgan fingerprint density at radius 3 is 2.59 bits per heavy atom. The second kappa shape index (κ2) is 9.98. The monoisotopic (exact) mass is 559 g/mol. The van der Waals surface area contributed by atoms with Gasteiger partial charge in [-0.25, -0.2) is 18.6 Å². The van der Waals surface area contributed by atoms with E-state index in [0.29, 0.717) is 29.8 Å². The van der Waals surface area contributed by atoms with Crippen LogP contribution in [0.25, 0.3) is 10.6 Å². The fourth-order valence-corrected chi connectivity index (χ4v) is 6.37. The molecule has 0 unspecified atom stereocenters. The molecule has 9 nitrogen and oxygen atoms in total. The molecule has 0 saturated carbocycles. The number of thiazole rings is 1. The molecule has 0 aliphatic carbocycles. The average Bonchev–Trinajstić information content (AvgIpc) is 3.50. The predicted molar refractivity (Wildman–Crippen MR) is 142 cm³/mol. The second-order valence-corrected chi connectivity index (χ2v) is 12.2.